The summed E-state index contributed by atoms with van der Waals surface area (Å²) in [4.78, 5) is 33.1. The van der Waals surface area contributed by atoms with Crippen LogP contribution < -0.4 is 4.74 Å². The van der Waals surface area contributed by atoms with E-state index in [1.54, 1.807) is 24.5 Å². The number of nitrogens with zero attached hydrogens (tertiary/aromatic N) is 3. The molecule has 1 spiro atoms. The number of pyridine rings is 1. The minimum absolute atomic E-state index is 0.0694. The molecule has 0 aliphatic carbocycles. The van der Waals surface area contributed by atoms with Gasteiger partial charge in [-0.2, -0.15) is 0 Å². The summed E-state index contributed by atoms with van der Waals surface area (Å²) in [6.45, 7) is 2.29. The summed E-state index contributed by atoms with van der Waals surface area (Å²) in [7, 11) is 1.52. The SMILES string of the molecule is COc1cnccc1C(=O)N1CCC2(CC1)CC(=O)N(Cc1cccc(F)c1)C2. The van der Waals surface area contributed by atoms with Crippen LogP contribution in [0.5, 0.6) is 5.75 Å². The molecule has 2 aliphatic heterocycles. The molecular formula is C22H24FN3O3. The number of methoxy groups -OCH3 is 1. The standard InChI is InChI=1S/C22H24FN3O3/c1-29-19-13-24-8-5-18(19)21(28)25-9-6-22(7-10-25)12-20(27)26(15-22)14-16-3-2-4-17(23)11-16/h2-5,8,11,13H,6-7,9-10,12,14-15H2,1H3. The topological polar surface area (TPSA) is 62.7 Å². The molecule has 0 saturated carbocycles. The molecular weight excluding hydrogens is 373 g/mol. The highest BCUT2D eigenvalue weighted by Gasteiger charge is 2.45. The molecule has 2 aliphatic rings. The minimum Gasteiger partial charge on any atom is -0.494 e. The van der Waals surface area contributed by atoms with E-state index >= 15 is 0 Å². The molecule has 7 heteroatoms. The van der Waals surface area contributed by atoms with Gasteiger partial charge in [0.25, 0.3) is 5.91 Å². The molecule has 4 rings (SSSR count). The van der Waals surface area contributed by atoms with Crippen molar-refractivity contribution in [1.29, 1.82) is 0 Å². The predicted octanol–water partition coefficient (Wildman–Crippen LogP) is 2.88. The molecule has 1 aromatic carbocycles. The Balaban J connectivity index is 1.40. The van der Waals surface area contributed by atoms with Crippen LogP contribution in [-0.4, -0.2) is 53.3 Å². The highest BCUT2D eigenvalue weighted by atomic mass is 19.1. The molecule has 0 atom stereocenters. The Morgan fingerprint density at radius 3 is 2.79 bits per heavy atom. The number of hydrogen-bond donors (Lipinski definition) is 0. The first-order valence-electron chi connectivity index (χ1n) is 9.79. The normalized spacial score (nSPS) is 18.3. The number of rotatable bonds is 4. The van der Waals surface area contributed by atoms with Crippen molar-refractivity contribution in [2.45, 2.75) is 25.8 Å². The van der Waals surface area contributed by atoms with E-state index in [4.69, 9.17) is 4.74 Å². The van der Waals surface area contributed by atoms with Gasteiger partial charge in [0.15, 0.2) is 0 Å². The Labute approximate surface area is 169 Å². The minimum atomic E-state index is -0.290. The van der Waals surface area contributed by atoms with Gasteiger partial charge < -0.3 is 14.5 Å². The second-order valence-corrected chi connectivity index (χ2v) is 7.92. The molecule has 3 heterocycles. The van der Waals surface area contributed by atoms with Crippen molar-refractivity contribution in [2.75, 3.05) is 26.7 Å². The van der Waals surface area contributed by atoms with Crippen LogP contribution in [0.15, 0.2) is 42.7 Å². The van der Waals surface area contributed by atoms with Crippen LogP contribution in [0.25, 0.3) is 0 Å². The fourth-order valence-electron chi connectivity index (χ4n) is 4.39. The average molecular weight is 397 g/mol. The highest BCUT2D eigenvalue weighted by molar-refractivity contribution is 5.96. The number of likely N-dealkylation sites (tertiary alicyclic amines) is 2. The lowest BCUT2D eigenvalue weighted by molar-refractivity contribution is -0.128. The monoisotopic (exact) mass is 397 g/mol. The van der Waals surface area contributed by atoms with E-state index in [0.717, 1.165) is 18.4 Å². The Morgan fingerprint density at radius 2 is 2.07 bits per heavy atom. The van der Waals surface area contributed by atoms with Crippen LogP contribution in [0.3, 0.4) is 0 Å². The number of ether oxygens (including phenoxy) is 1. The third-order valence-corrected chi connectivity index (χ3v) is 6.01. The maximum Gasteiger partial charge on any atom is 0.257 e. The number of carbonyl (C=O) groups is 2. The first-order valence-corrected chi connectivity index (χ1v) is 9.79. The lowest BCUT2D eigenvalue weighted by atomic mass is 9.77. The number of hydrogen-bond acceptors (Lipinski definition) is 4. The third-order valence-electron chi connectivity index (χ3n) is 6.01. The molecule has 29 heavy (non-hydrogen) atoms. The van der Waals surface area contributed by atoms with E-state index < -0.39 is 0 Å². The fraction of sp³-hybridized carbons (Fsp3) is 0.409. The summed E-state index contributed by atoms with van der Waals surface area (Å²) in [5.41, 5.74) is 1.20. The van der Waals surface area contributed by atoms with Gasteiger partial charge in [0.05, 0.1) is 18.9 Å². The molecule has 2 amide bonds. The van der Waals surface area contributed by atoms with E-state index in [-0.39, 0.29) is 23.0 Å². The maximum atomic E-state index is 13.4. The van der Waals surface area contributed by atoms with Crippen molar-refractivity contribution in [2.24, 2.45) is 5.41 Å². The Kier molecular flexibility index (Phi) is 5.22. The van der Waals surface area contributed by atoms with Crippen LogP contribution >= 0.6 is 0 Å². The predicted molar refractivity (Wildman–Crippen MR) is 105 cm³/mol. The molecule has 0 radical (unpaired) electrons. The fourth-order valence-corrected chi connectivity index (χ4v) is 4.39. The van der Waals surface area contributed by atoms with Gasteiger partial charge in [-0.15, -0.1) is 0 Å². The Morgan fingerprint density at radius 1 is 1.28 bits per heavy atom. The van der Waals surface area contributed by atoms with Crippen molar-refractivity contribution in [3.63, 3.8) is 0 Å². The lowest BCUT2D eigenvalue weighted by Gasteiger charge is -2.39. The van der Waals surface area contributed by atoms with Gasteiger partial charge in [-0.05, 0) is 36.6 Å². The van der Waals surface area contributed by atoms with Gasteiger partial charge in [-0.1, -0.05) is 12.1 Å². The summed E-state index contributed by atoms with van der Waals surface area (Å²) in [6.07, 6.45) is 5.16. The van der Waals surface area contributed by atoms with Crippen LogP contribution in [0.4, 0.5) is 4.39 Å². The average Bonchev–Trinajstić information content (AvgIpc) is 3.02. The summed E-state index contributed by atoms with van der Waals surface area (Å²) < 4.78 is 18.7. The van der Waals surface area contributed by atoms with Gasteiger partial charge in [0, 0.05) is 44.2 Å². The zero-order valence-corrected chi connectivity index (χ0v) is 16.4. The van der Waals surface area contributed by atoms with Crippen LogP contribution in [0.2, 0.25) is 0 Å². The van der Waals surface area contributed by atoms with E-state index in [9.17, 15) is 14.0 Å². The molecule has 1 aromatic heterocycles. The molecule has 0 unspecified atom stereocenters. The smallest absolute Gasteiger partial charge is 0.257 e. The van der Waals surface area contributed by atoms with Crippen molar-refractivity contribution in [3.8, 4) is 5.75 Å². The zero-order chi connectivity index (χ0) is 20.4. The van der Waals surface area contributed by atoms with Crippen molar-refractivity contribution in [1.82, 2.24) is 14.8 Å². The summed E-state index contributed by atoms with van der Waals surface area (Å²) >= 11 is 0. The van der Waals surface area contributed by atoms with Crippen molar-refractivity contribution < 1.29 is 18.7 Å². The second-order valence-electron chi connectivity index (χ2n) is 7.92. The number of benzene rings is 1. The van der Waals surface area contributed by atoms with Crippen LogP contribution in [-0.2, 0) is 11.3 Å². The Bertz CT molecular complexity index is 925. The quantitative estimate of drug-likeness (QED) is 0.796. The van der Waals surface area contributed by atoms with Crippen molar-refractivity contribution >= 4 is 11.8 Å². The van der Waals surface area contributed by atoms with Gasteiger partial charge in [0.1, 0.15) is 11.6 Å². The largest absolute Gasteiger partial charge is 0.494 e. The number of piperidine rings is 1. The number of carbonyl (C=O) groups excluding carboxylic acids is 2. The number of amides is 2. The zero-order valence-electron chi connectivity index (χ0n) is 16.4. The third kappa shape index (κ3) is 3.95. The molecule has 2 aromatic rings. The summed E-state index contributed by atoms with van der Waals surface area (Å²) in [5, 5.41) is 0. The molecule has 2 fully saturated rings. The molecule has 0 N–H and O–H groups in total. The highest BCUT2D eigenvalue weighted by Crippen LogP contribution is 2.42. The van der Waals surface area contributed by atoms with Gasteiger partial charge in [-0.25, -0.2) is 4.39 Å². The Hall–Kier alpha value is -2.96. The number of halogens is 1. The van der Waals surface area contributed by atoms with Gasteiger partial charge >= 0.3 is 0 Å². The van der Waals surface area contributed by atoms with Crippen LogP contribution in [0.1, 0.15) is 35.2 Å². The van der Waals surface area contributed by atoms with E-state index in [1.165, 1.54) is 19.2 Å². The first-order chi connectivity index (χ1) is 14.0. The van der Waals surface area contributed by atoms with E-state index in [0.29, 0.717) is 43.9 Å². The lowest BCUT2D eigenvalue weighted by Crippen LogP contribution is -2.44. The van der Waals surface area contributed by atoms with E-state index in [2.05, 4.69) is 4.98 Å². The van der Waals surface area contributed by atoms with Gasteiger partial charge in [-0.3, -0.25) is 14.6 Å². The van der Waals surface area contributed by atoms with Crippen LogP contribution in [0, 0.1) is 11.2 Å². The molecule has 2 saturated heterocycles. The summed E-state index contributed by atoms with van der Waals surface area (Å²) in [5.74, 6) is 0.210. The molecule has 152 valence electrons. The number of aromatic nitrogens is 1. The summed E-state index contributed by atoms with van der Waals surface area (Å²) in [6, 6.07) is 8.05. The van der Waals surface area contributed by atoms with E-state index in [1.807, 2.05) is 15.9 Å². The molecule has 6 nitrogen and oxygen atoms in total. The first kappa shape index (κ1) is 19.4. The second kappa shape index (κ2) is 7.81. The molecule has 0 bridgehead atoms. The maximum absolute atomic E-state index is 13.4. The van der Waals surface area contributed by atoms with Gasteiger partial charge in [0.2, 0.25) is 5.91 Å². The van der Waals surface area contributed by atoms with Crippen molar-refractivity contribution in [3.05, 3.63) is 59.7 Å².